The van der Waals surface area contributed by atoms with Crippen molar-refractivity contribution in [2.24, 2.45) is 11.8 Å². The fourth-order valence-corrected chi connectivity index (χ4v) is 3.04. The number of amides is 1. The van der Waals surface area contributed by atoms with Gasteiger partial charge in [0.1, 0.15) is 0 Å². The molecule has 6 nitrogen and oxygen atoms in total. The predicted molar refractivity (Wildman–Crippen MR) is 83.4 cm³/mol. The van der Waals surface area contributed by atoms with Crippen molar-refractivity contribution in [3.63, 3.8) is 0 Å². The smallest absolute Gasteiger partial charge is 0.307 e. The van der Waals surface area contributed by atoms with Crippen molar-refractivity contribution in [1.82, 2.24) is 0 Å². The van der Waals surface area contributed by atoms with Gasteiger partial charge in [0.15, 0.2) is 11.5 Å². The second kappa shape index (κ2) is 5.95. The number of fused-ring (bicyclic) bond motifs is 1. The lowest BCUT2D eigenvalue weighted by atomic mass is 9.76. The van der Waals surface area contributed by atoms with Crippen LogP contribution in [0, 0.1) is 11.8 Å². The van der Waals surface area contributed by atoms with Crippen LogP contribution in [0.3, 0.4) is 0 Å². The average molecular weight is 317 g/mol. The van der Waals surface area contributed by atoms with Gasteiger partial charge in [-0.1, -0.05) is 11.1 Å². The second-order valence-electron chi connectivity index (χ2n) is 6.08. The van der Waals surface area contributed by atoms with Crippen LogP contribution in [0.15, 0.2) is 29.3 Å². The third-order valence-corrected chi connectivity index (χ3v) is 4.56. The van der Waals surface area contributed by atoms with Crippen LogP contribution in [-0.2, 0) is 9.59 Å². The van der Waals surface area contributed by atoms with Gasteiger partial charge in [-0.2, -0.15) is 0 Å². The van der Waals surface area contributed by atoms with Gasteiger partial charge in [-0.05, 0) is 38.8 Å². The van der Waals surface area contributed by atoms with Crippen LogP contribution < -0.4 is 14.8 Å². The third-order valence-electron chi connectivity index (χ3n) is 4.56. The summed E-state index contributed by atoms with van der Waals surface area (Å²) < 4.78 is 10.5. The van der Waals surface area contributed by atoms with Crippen molar-refractivity contribution in [3.8, 4) is 11.5 Å². The number of carboxylic acids is 1. The van der Waals surface area contributed by atoms with Crippen molar-refractivity contribution < 1.29 is 24.2 Å². The Morgan fingerprint density at radius 2 is 1.74 bits per heavy atom. The van der Waals surface area contributed by atoms with Crippen molar-refractivity contribution in [2.75, 3.05) is 12.1 Å². The molecule has 122 valence electrons. The monoisotopic (exact) mass is 317 g/mol. The van der Waals surface area contributed by atoms with E-state index in [1.54, 1.807) is 18.2 Å². The highest BCUT2D eigenvalue weighted by Crippen LogP contribution is 2.37. The molecule has 1 amide bonds. The normalized spacial score (nSPS) is 22.9. The number of rotatable bonds is 3. The molecule has 0 fully saturated rings. The number of nitrogens with one attached hydrogen (secondary N) is 1. The van der Waals surface area contributed by atoms with Gasteiger partial charge in [-0.25, -0.2) is 0 Å². The number of benzene rings is 1. The SMILES string of the molecule is CC1=C(C)C[C@@H](C(=O)Nc2ccc3c(c2)OCO3)[C@@H](C(=O)O)C1. The standard InChI is InChI=1S/C17H19NO5/c1-9-5-12(13(17(20)21)6-10(9)2)16(19)18-11-3-4-14-15(7-11)23-8-22-14/h3-4,7,12-13H,5-6,8H2,1-2H3,(H,18,19)(H,20,21)/t12-,13+/m1/s1. The van der Waals surface area contributed by atoms with Crippen LogP contribution in [0.2, 0.25) is 0 Å². The van der Waals surface area contributed by atoms with E-state index in [1.807, 2.05) is 13.8 Å². The van der Waals surface area contributed by atoms with Gasteiger partial charge in [-0.15, -0.1) is 0 Å². The van der Waals surface area contributed by atoms with Crippen molar-refractivity contribution >= 4 is 17.6 Å². The number of carbonyl (C=O) groups is 2. The molecule has 1 aromatic rings. The van der Waals surface area contributed by atoms with Gasteiger partial charge >= 0.3 is 5.97 Å². The highest BCUT2D eigenvalue weighted by atomic mass is 16.7. The van der Waals surface area contributed by atoms with Crippen LogP contribution in [0.1, 0.15) is 26.7 Å². The molecule has 6 heteroatoms. The molecule has 2 aliphatic rings. The van der Waals surface area contributed by atoms with Gasteiger partial charge in [0.05, 0.1) is 11.8 Å². The molecule has 0 bridgehead atoms. The Balaban J connectivity index is 1.77. The lowest BCUT2D eigenvalue weighted by molar-refractivity contribution is -0.146. The van der Waals surface area contributed by atoms with Gasteiger partial charge in [0.25, 0.3) is 0 Å². The minimum atomic E-state index is -0.928. The minimum absolute atomic E-state index is 0.166. The van der Waals surface area contributed by atoms with E-state index in [4.69, 9.17) is 9.47 Å². The predicted octanol–water partition coefficient (Wildman–Crippen LogP) is 2.80. The fourth-order valence-electron chi connectivity index (χ4n) is 3.04. The van der Waals surface area contributed by atoms with Crippen LogP contribution in [-0.4, -0.2) is 23.8 Å². The summed E-state index contributed by atoms with van der Waals surface area (Å²) in [5, 5.41) is 12.2. The van der Waals surface area contributed by atoms with Gasteiger partial charge in [-0.3, -0.25) is 9.59 Å². The lowest BCUT2D eigenvalue weighted by Crippen LogP contribution is -2.36. The molecular formula is C17H19NO5. The summed E-state index contributed by atoms with van der Waals surface area (Å²) in [6.45, 7) is 4.05. The van der Waals surface area contributed by atoms with E-state index < -0.39 is 17.8 Å². The Morgan fingerprint density at radius 3 is 2.43 bits per heavy atom. The van der Waals surface area contributed by atoms with E-state index >= 15 is 0 Å². The van der Waals surface area contributed by atoms with E-state index in [0.29, 0.717) is 30.0 Å². The highest BCUT2D eigenvalue weighted by Gasteiger charge is 2.37. The van der Waals surface area contributed by atoms with Crippen LogP contribution >= 0.6 is 0 Å². The number of hydrogen-bond donors (Lipinski definition) is 2. The Kier molecular flexibility index (Phi) is 3.98. The second-order valence-corrected chi connectivity index (χ2v) is 6.08. The number of anilines is 1. The molecule has 1 aromatic carbocycles. The van der Waals surface area contributed by atoms with Crippen LogP contribution in [0.25, 0.3) is 0 Å². The Morgan fingerprint density at radius 1 is 1.09 bits per heavy atom. The molecule has 0 radical (unpaired) electrons. The maximum Gasteiger partial charge on any atom is 0.307 e. The molecule has 1 aliphatic heterocycles. The molecule has 0 saturated carbocycles. The lowest BCUT2D eigenvalue weighted by Gasteiger charge is -2.29. The molecule has 1 aliphatic carbocycles. The molecule has 23 heavy (non-hydrogen) atoms. The molecule has 3 rings (SSSR count). The topological polar surface area (TPSA) is 84.9 Å². The first kappa shape index (κ1) is 15.4. The highest BCUT2D eigenvalue weighted by molar-refractivity contribution is 5.95. The van der Waals surface area contributed by atoms with Gasteiger partial charge in [0.2, 0.25) is 12.7 Å². The zero-order valence-corrected chi connectivity index (χ0v) is 13.1. The molecule has 0 spiro atoms. The molecular weight excluding hydrogens is 298 g/mol. The maximum absolute atomic E-state index is 12.6. The van der Waals surface area contributed by atoms with Crippen LogP contribution in [0.4, 0.5) is 5.69 Å². The summed E-state index contributed by atoms with van der Waals surface area (Å²) in [7, 11) is 0. The summed E-state index contributed by atoms with van der Waals surface area (Å²) in [6.07, 6.45) is 0.888. The van der Waals surface area contributed by atoms with E-state index in [1.165, 1.54) is 0 Å². The first-order valence-corrected chi connectivity index (χ1v) is 7.54. The zero-order valence-electron chi connectivity index (χ0n) is 13.1. The van der Waals surface area contributed by atoms with Crippen molar-refractivity contribution in [1.29, 1.82) is 0 Å². The molecule has 2 N–H and O–H groups in total. The largest absolute Gasteiger partial charge is 0.481 e. The summed E-state index contributed by atoms with van der Waals surface area (Å²) >= 11 is 0. The number of aliphatic carboxylic acids is 1. The summed E-state index contributed by atoms with van der Waals surface area (Å²) in [4.78, 5) is 24.1. The Hall–Kier alpha value is -2.50. The Bertz CT molecular complexity index is 694. The van der Waals surface area contributed by atoms with E-state index in [2.05, 4.69) is 5.32 Å². The van der Waals surface area contributed by atoms with Gasteiger partial charge < -0.3 is 19.9 Å². The quantitative estimate of drug-likeness (QED) is 0.837. The van der Waals surface area contributed by atoms with E-state index in [0.717, 1.165) is 11.1 Å². The minimum Gasteiger partial charge on any atom is -0.481 e. The first-order chi connectivity index (χ1) is 11.0. The summed E-state index contributed by atoms with van der Waals surface area (Å²) in [6, 6.07) is 5.13. The van der Waals surface area contributed by atoms with Crippen molar-refractivity contribution in [3.05, 3.63) is 29.3 Å². The molecule has 0 aromatic heterocycles. The zero-order chi connectivity index (χ0) is 16.6. The first-order valence-electron chi connectivity index (χ1n) is 7.54. The number of hydrogen-bond acceptors (Lipinski definition) is 4. The average Bonchev–Trinajstić information content (AvgIpc) is 2.96. The fraction of sp³-hybridized carbons (Fsp3) is 0.412. The number of ether oxygens (including phenoxy) is 2. The molecule has 1 heterocycles. The third kappa shape index (κ3) is 3.02. The summed E-state index contributed by atoms with van der Waals surface area (Å²) in [5.74, 6) is -1.24. The maximum atomic E-state index is 12.6. The number of carboxylic acid groups (broad SMARTS) is 1. The van der Waals surface area contributed by atoms with Crippen molar-refractivity contribution in [2.45, 2.75) is 26.7 Å². The molecule has 0 saturated heterocycles. The molecule has 0 unspecified atom stereocenters. The number of allylic oxidation sites excluding steroid dienone is 2. The summed E-state index contributed by atoms with van der Waals surface area (Å²) in [5.41, 5.74) is 2.73. The van der Waals surface area contributed by atoms with E-state index in [9.17, 15) is 14.7 Å². The molecule has 2 atom stereocenters. The van der Waals surface area contributed by atoms with Gasteiger partial charge in [0, 0.05) is 11.8 Å². The van der Waals surface area contributed by atoms with Crippen LogP contribution in [0.5, 0.6) is 11.5 Å². The number of carbonyl (C=O) groups excluding carboxylic acids is 1. The van der Waals surface area contributed by atoms with E-state index in [-0.39, 0.29) is 12.7 Å². The Labute approximate surface area is 134 Å².